The molecule has 184 valence electrons. The molecule has 0 spiro atoms. The molecule has 0 fully saturated rings. The molecule has 2 heterocycles. The summed E-state index contributed by atoms with van der Waals surface area (Å²) < 4.78 is 17.7. The van der Waals surface area contributed by atoms with Crippen molar-refractivity contribution < 1.29 is 4.57 Å². The Hall–Kier alpha value is -4.72. The lowest BCUT2D eigenvalue weighted by atomic mass is 10.1. The number of nitrogens with zero attached hydrogens (tertiary/aromatic N) is 2. The van der Waals surface area contributed by atoms with E-state index in [1.165, 1.54) is 0 Å². The number of hydrogen-bond acceptors (Lipinski definition) is 2. The van der Waals surface area contributed by atoms with Crippen molar-refractivity contribution >= 4 is 72.2 Å². The minimum Gasteiger partial charge on any atom is -0.309 e. The van der Waals surface area contributed by atoms with Crippen LogP contribution in [-0.4, -0.2) is 9.38 Å². The topological polar surface area (TPSA) is 34.4 Å². The van der Waals surface area contributed by atoms with E-state index in [4.69, 9.17) is 4.98 Å². The van der Waals surface area contributed by atoms with Crippen molar-refractivity contribution in [1.29, 1.82) is 0 Å². The Kier molecular flexibility index (Phi) is 4.79. The Morgan fingerprint density at radius 3 is 2.03 bits per heavy atom. The highest BCUT2D eigenvalue weighted by Crippen LogP contribution is 2.44. The molecule has 0 saturated heterocycles. The lowest BCUT2D eigenvalue weighted by molar-refractivity contribution is 0.592. The van der Waals surface area contributed by atoms with Crippen LogP contribution in [0.15, 0.2) is 140 Å². The summed E-state index contributed by atoms with van der Waals surface area (Å²) in [5, 5.41) is 7.93. The monoisotopic (exact) mass is 518 g/mol. The van der Waals surface area contributed by atoms with Gasteiger partial charge in [0.15, 0.2) is 7.14 Å². The predicted molar refractivity (Wildman–Crippen MR) is 165 cm³/mol. The molecule has 3 nitrogen and oxygen atoms in total. The van der Waals surface area contributed by atoms with Gasteiger partial charge < -0.3 is 4.57 Å². The van der Waals surface area contributed by atoms with Gasteiger partial charge in [0.2, 0.25) is 0 Å². The van der Waals surface area contributed by atoms with Gasteiger partial charge in [-0.3, -0.25) is 4.40 Å². The fourth-order valence-electron chi connectivity index (χ4n) is 5.95. The summed E-state index contributed by atoms with van der Waals surface area (Å²) >= 11 is 0. The summed E-state index contributed by atoms with van der Waals surface area (Å²) in [4.78, 5) is 5.08. The van der Waals surface area contributed by atoms with Gasteiger partial charge >= 0.3 is 0 Å². The third-order valence-corrected chi connectivity index (χ3v) is 10.9. The van der Waals surface area contributed by atoms with Crippen LogP contribution in [-0.2, 0) is 4.57 Å². The van der Waals surface area contributed by atoms with Crippen molar-refractivity contribution in [2.24, 2.45) is 0 Å². The van der Waals surface area contributed by atoms with E-state index in [1.54, 1.807) is 0 Å². The van der Waals surface area contributed by atoms with Gasteiger partial charge in [-0.25, -0.2) is 4.98 Å². The molecular formula is C35H23N2OP. The Balaban J connectivity index is 1.49. The molecule has 0 radical (unpaired) electrons. The first-order valence-corrected chi connectivity index (χ1v) is 14.8. The molecule has 0 saturated carbocycles. The van der Waals surface area contributed by atoms with Gasteiger partial charge in [0.05, 0.1) is 16.6 Å². The molecular weight excluding hydrogens is 495 g/mol. The summed E-state index contributed by atoms with van der Waals surface area (Å²) in [6.07, 6.45) is 0. The normalized spacial score (nSPS) is 13.4. The van der Waals surface area contributed by atoms with Crippen LogP contribution in [0.2, 0.25) is 0 Å². The van der Waals surface area contributed by atoms with E-state index in [2.05, 4.69) is 89.3 Å². The number of rotatable bonds is 3. The van der Waals surface area contributed by atoms with Crippen LogP contribution in [0.5, 0.6) is 0 Å². The Labute approximate surface area is 225 Å². The van der Waals surface area contributed by atoms with Crippen LogP contribution in [0.3, 0.4) is 0 Å². The number of para-hydroxylation sites is 3. The Morgan fingerprint density at radius 2 is 1.15 bits per heavy atom. The quantitative estimate of drug-likeness (QED) is 0.178. The number of pyridine rings is 1. The molecule has 0 aliphatic heterocycles. The van der Waals surface area contributed by atoms with E-state index in [-0.39, 0.29) is 0 Å². The fraction of sp³-hybridized carbons (Fsp3) is 0. The minimum absolute atomic E-state index is 0.806. The highest BCUT2D eigenvalue weighted by Gasteiger charge is 2.30. The van der Waals surface area contributed by atoms with Gasteiger partial charge in [0, 0.05) is 26.7 Å². The van der Waals surface area contributed by atoms with Gasteiger partial charge in [0.25, 0.3) is 0 Å². The van der Waals surface area contributed by atoms with Crippen LogP contribution >= 0.6 is 7.14 Å². The SMILES string of the molecule is O=P(c1ccccc1)(c1ccc2ccccc2c1)c1ccc2c3ccccc3n3c4ccccc4nc3c2c1. The lowest BCUT2D eigenvalue weighted by Gasteiger charge is -2.21. The summed E-state index contributed by atoms with van der Waals surface area (Å²) in [5.41, 5.74) is 4.00. The third-order valence-electron chi connectivity index (χ3n) is 7.82. The Morgan fingerprint density at radius 1 is 0.487 bits per heavy atom. The van der Waals surface area contributed by atoms with E-state index in [0.29, 0.717) is 0 Å². The van der Waals surface area contributed by atoms with E-state index < -0.39 is 7.14 Å². The van der Waals surface area contributed by atoms with Crippen molar-refractivity contribution in [2.45, 2.75) is 0 Å². The smallest absolute Gasteiger partial charge is 0.171 e. The summed E-state index contributed by atoms with van der Waals surface area (Å²) in [7, 11) is -3.20. The fourth-order valence-corrected chi connectivity index (χ4v) is 8.64. The number of fused-ring (bicyclic) bond motifs is 9. The van der Waals surface area contributed by atoms with Crippen LogP contribution in [0, 0.1) is 0 Å². The second kappa shape index (κ2) is 8.39. The maximum atomic E-state index is 15.5. The molecule has 4 heteroatoms. The number of aromatic nitrogens is 2. The molecule has 0 bridgehead atoms. The second-order valence-electron chi connectivity index (χ2n) is 9.98. The Bertz CT molecular complexity index is 2270. The van der Waals surface area contributed by atoms with Gasteiger partial charge in [-0.15, -0.1) is 0 Å². The van der Waals surface area contributed by atoms with Crippen LogP contribution in [0.1, 0.15) is 0 Å². The maximum Gasteiger partial charge on any atom is 0.171 e. The van der Waals surface area contributed by atoms with Gasteiger partial charge in [0.1, 0.15) is 5.65 Å². The first-order chi connectivity index (χ1) is 19.2. The van der Waals surface area contributed by atoms with Crippen molar-refractivity contribution in [3.05, 3.63) is 140 Å². The average Bonchev–Trinajstić information content (AvgIpc) is 3.41. The van der Waals surface area contributed by atoms with E-state index in [1.807, 2.05) is 54.6 Å². The second-order valence-corrected chi connectivity index (χ2v) is 12.8. The van der Waals surface area contributed by atoms with Crippen molar-refractivity contribution in [3.63, 3.8) is 0 Å². The van der Waals surface area contributed by atoms with Crippen LogP contribution in [0.25, 0.3) is 49.1 Å². The zero-order valence-electron chi connectivity index (χ0n) is 21.0. The van der Waals surface area contributed by atoms with E-state index in [0.717, 1.165) is 65.0 Å². The maximum absolute atomic E-state index is 15.5. The van der Waals surface area contributed by atoms with Crippen molar-refractivity contribution in [3.8, 4) is 0 Å². The van der Waals surface area contributed by atoms with Crippen LogP contribution < -0.4 is 15.9 Å². The number of hydrogen-bond donors (Lipinski definition) is 0. The van der Waals surface area contributed by atoms with Gasteiger partial charge in [-0.1, -0.05) is 109 Å². The first-order valence-electron chi connectivity index (χ1n) is 13.1. The lowest BCUT2D eigenvalue weighted by Crippen LogP contribution is -2.25. The molecule has 6 aromatic carbocycles. The highest BCUT2D eigenvalue weighted by atomic mass is 31.2. The van der Waals surface area contributed by atoms with Gasteiger partial charge in [-0.05, 0) is 46.5 Å². The van der Waals surface area contributed by atoms with E-state index >= 15 is 4.57 Å². The zero-order valence-corrected chi connectivity index (χ0v) is 21.9. The molecule has 0 amide bonds. The van der Waals surface area contributed by atoms with Gasteiger partial charge in [-0.2, -0.15) is 0 Å². The average molecular weight is 519 g/mol. The summed E-state index contributed by atoms with van der Waals surface area (Å²) in [6.45, 7) is 0. The molecule has 39 heavy (non-hydrogen) atoms. The molecule has 0 aliphatic carbocycles. The number of imidazole rings is 1. The van der Waals surface area contributed by atoms with Crippen molar-refractivity contribution in [2.75, 3.05) is 0 Å². The molecule has 1 atom stereocenters. The molecule has 0 N–H and O–H groups in total. The zero-order chi connectivity index (χ0) is 26.0. The molecule has 8 aromatic rings. The third kappa shape index (κ3) is 3.24. The molecule has 8 rings (SSSR count). The van der Waals surface area contributed by atoms with Crippen LogP contribution in [0.4, 0.5) is 0 Å². The standard InChI is InChI=1S/C35H23N2OP/c38-39(26-12-2-1-3-13-26,27-19-18-24-10-4-5-11-25(24)22-27)28-20-21-29-30-14-6-8-16-33(30)37-34-17-9-7-15-32(34)36-35(37)31(29)23-28/h1-23H. The first kappa shape index (κ1) is 22.3. The summed E-state index contributed by atoms with van der Waals surface area (Å²) in [5.74, 6) is 0. The van der Waals surface area contributed by atoms with Crippen molar-refractivity contribution in [1.82, 2.24) is 9.38 Å². The minimum atomic E-state index is -3.20. The summed E-state index contributed by atoms with van der Waals surface area (Å²) in [6, 6.07) is 47.3. The largest absolute Gasteiger partial charge is 0.309 e. The molecule has 1 unspecified atom stereocenters. The highest BCUT2D eigenvalue weighted by molar-refractivity contribution is 7.85. The predicted octanol–water partition coefficient (Wildman–Crippen LogP) is 7.59. The number of benzene rings is 6. The molecule has 2 aromatic heterocycles. The van der Waals surface area contributed by atoms with E-state index in [9.17, 15) is 0 Å². The molecule has 0 aliphatic rings.